The van der Waals surface area contributed by atoms with Gasteiger partial charge in [-0.3, -0.25) is 4.79 Å². The molecular formula is C11H14N2O. The minimum absolute atomic E-state index is 0.333. The summed E-state index contributed by atoms with van der Waals surface area (Å²) in [5.74, 6) is -0.333. The van der Waals surface area contributed by atoms with Crippen LogP contribution in [0.5, 0.6) is 0 Å². The fraction of sp³-hybridized carbons (Fsp3) is 0.182. The maximum Gasteiger partial charge on any atom is 0.214 e. The molecule has 0 saturated carbocycles. The minimum Gasteiger partial charge on any atom is -0.387 e. The van der Waals surface area contributed by atoms with Crippen molar-refractivity contribution in [2.45, 2.75) is 13.5 Å². The molecule has 3 N–H and O–H groups in total. The zero-order valence-corrected chi connectivity index (χ0v) is 8.16. The van der Waals surface area contributed by atoms with Crippen molar-refractivity contribution in [3.05, 3.63) is 41.6 Å². The molecule has 0 aromatic heterocycles. The van der Waals surface area contributed by atoms with Gasteiger partial charge in [0.1, 0.15) is 0 Å². The Morgan fingerprint density at radius 2 is 2.07 bits per heavy atom. The van der Waals surface area contributed by atoms with E-state index in [1.54, 1.807) is 0 Å². The van der Waals surface area contributed by atoms with Crippen molar-refractivity contribution in [3.63, 3.8) is 0 Å². The van der Waals surface area contributed by atoms with E-state index in [0.29, 0.717) is 0 Å². The fourth-order valence-electron chi connectivity index (χ4n) is 1.18. The van der Waals surface area contributed by atoms with Crippen molar-refractivity contribution < 1.29 is 4.79 Å². The van der Waals surface area contributed by atoms with E-state index < -0.39 is 0 Å². The molecule has 0 radical (unpaired) electrons. The van der Waals surface area contributed by atoms with E-state index >= 15 is 0 Å². The number of primary amides is 1. The summed E-state index contributed by atoms with van der Waals surface area (Å²) in [5, 5.41) is 3.16. The quantitative estimate of drug-likeness (QED) is 0.647. The van der Waals surface area contributed by atoms with Gasteiger partial charge in [-0.2, -0.15) is 0 Å². The molecule has 74 valence electrons. The normalized spacial score (nSPS) is 11.8. The van der Waals surface area contributed by atoms with Crippen molar-refractivity contribution in [1.29, 1.82) is 0 Å². The highest BCUT2D eigenvalue weighted by molar-refractivity contribution is 5.70. The molecule has 0 saturated heterocycles. The smallest absolute Gasteiger partial charge is 0.214 e. The van der Waals surface area contributed by atoms with Gasteiger partial charge in [-0.25, -0.2) is 0 Å². The van der Waals surface area contributed by atoms with Crippen LogP contribution in [0, 0.1) is 0 Å². The maximum absolute atomic E-state index is 9.22. The van der Waals surface area contributed by atoms with Crippen LogP contribution < -0.4 is 11.1 Å². The number of benzene rings is 1. The molecule has 0 spiro atoms. The Morgan fingerprint density at radius 3 is 2.71 bits per heavy atom. The number of hydrogen-bond donors (Lipinski definition) is 2. The predicted octanol–water partition coefficient (Wildman–Crippen LogP) is 1.25. The lowest BCUT2D eigenvalue weighted by Crippen LogP contribution is -2.09. The van der Waals surface area contributed by atoms with Crippen LogP contribution in [0.15, 0.2) is 30.5 Å². The van der Waals surface area contributed by atoms with Crippen molar-refractivity contribution in [2.75, 3.05) is 0 Å². The molecule has 0 aliphatic carbocycles. The SMILES string of the molecule is C1=Cc2ccccc2CN1.CC(N)=O. The van der Waals surface area contributed by atoms with Gasteiger partial charge in [0, 0.05) is 13.5 Å². The van der Waals surface area contributed by atoms with Gasteiger partial charge in [-0.05, 0) is 23.4 Å². The monoisotopic (exact) mass is 190 g/mol. The minimum atomic E-state index is -0.333. The molecule has 2 rings (SSSR count). The average molecular weight is 190 g/mol. The van der Waals surface area contributed by atoms with Gasteiger partial charge in [0.15, 0.2) is 0 Å². The van der Waals surface area contributed by atoms with Crippen molar-refractivity contribution >= 4 is 12.0 Å². The standard InChI is InChI=1S/C9H9N.C2H5NO/c1-2-4-9-7-10-6-5-8(9)3-1;1-2(3)4/h1-6,10H,7H2;1H3,(H2,3,4). The first-order valence-corrected chi connectivity index (χ1v) is 4.44. The summed E-state index contributed by atoms with van der Waals surface area (Å²) in [7, 11) is 0. The van der Waals surface area contributed by atoms with Crippen molar-refractivity contribution in [3.8, 4) is 0 Å². The number of nitrogens with two attached hydrogens (primary N) is 1. The Kier molecular flexibility index (Phi) is 3.73. The van der Waals surface area contributed by atoms with Gasteiger partial charge < -0.3 is 11.1 Å². The fourth-order valence-corrected chi connectivity index (χ4v) is 1.18. The lowest BCUT2D eigenvalue weighted by molar-refractivity contribution is -0.115. The number of carbonyl (C=O) groups is 1. The molecule has 1 aromatic rings. The number of amides is 1. The highest BCUT2D eigenvalue weighted by Crippen LogP contribution is 2.12. The lowest BCUT2D eigenvalue weighted by atomic mass is 10.1. The molecule has 0 bridgehead atoms. The summed E-state index contributed by atoms with van der Waals surface area (Å²) >= 11 is 0. The van der Waals surface area contributed by atoms with E-state index in [9.17, 15) is 4.79 Å². The molecule has 1 aliphatic heterocycles. The highest BCUT2D eigenvalue weighted by atomic mass is 16.1. The number of rotatable bonds is 0. The van der Waals surface area contributed by atoms with Gasteiger partial charge in [0.25, 0.3) is 0 Å². The molecule has 0 fully saturated rings. The van der Waals surface area contributed by atoms with E-state index in [1.807, 2.05) is 6.20 Å². The first-order chi connectivity index (χ1) is 6.70. The lowest BCUT2D eigenvalue weighted by Gasteiger charge is -2.10. The average Bonchev–Trinajstić information content (AvgIpc) is 2.17. The summed E-state index contributed by atoms with van der Waals surface area (Å²) in [4.78, 5) is 9.22. The largest absolute Gasteiger partial charge is 0.387 e. The maximum atomic E-state index is 9.22. The van der Waals surface area contributed by atoms with Crippen LogP contribution in [0.3, 0.4) is 0 Å². The molecular weight excluding hydrogens is 176 g/mol. The van der Waals surface area contributed by atoms with Gasteiger partial charge >= 0.3 is 0 Å². The second-order valence-corrected chi connectivity index (χ2v) is 3.02. The van der Waals surface area contributed by atoms with E-state index in [0.717, 1.165) is 6.54 Å². The molecule has 1 amide bonds. The van der Waals surface area contributed by atoms with Crippen LogP contribution >= 0.6 is 0 Å². The van der Waals surface area contributed by atoms with Crippen LogP contribution in [0.4, 0.5) is 0 Å². The number of fused-ring (bicyclic) bond motifs is 1. The zero-order valence-electron chi connectivity index (χ0n) is 8.16. The van der Waals surface area contributed by atoms with E-state index in [1.165, 1.54) is 18.1 Å². The molecule has 3 nitrogen and oxygen atoms in total. The summed E-state index contributed by atoms with van der Waals surface area (Å²) in [6.07, 6.45) is 4.08. The predicted molar refractivity (Wildman–Crippen MR) is 57.2 cm³/mol. The first-order valence-electron chi connectivity index (χ1n) is 4.44. The van der Waals surface area contributed by atoms with Gasteiger partial charge in [0.05, 0.1) is 0 Å². The third-order valence-electron chi connectivity index (χ3n) is 1.73. The van der Waals surface area contributed by atoms with E-state index in [2.05, 4.69) is 41.4 Å². The third kappa shape index (κ3) is 3.31. The van der Waals surface area contributed by atoms with Crippen molar-refractivity contribution in [2.24, 2.45) is 5.73 Å². The summed E-state index contributed by atoms with van der Waals surface area (Å²) < 4.78 is 0. The molecule has 1 heterocycles. The Morgan fingerprint density at radius 1 is 1.43 bits per heavy atom. The van der Waals surface area contributed by atoms with Crippen LogP contribution in [0.25, 0.3) is 6.08 Å². The van der Waals surface area contributed by atoms with Gasteiger partial charge in [-0.1, -0.05) is 24.3 Å². The Labute approximate surface area is 83.6 Å². The molecule has 1 aromatic carbocycles. The van der Waals surface area contributed by atoms with Crippen LogP contribution in [-0.2, 0) is 11.3 Å². The highest BCUT2D eigenvalue weighted by Gasteiger charge is 1.99. The van der Waals surface area contributed by atoms with Crippen LogP contribution in [-0.4, -0.2) is 5.91 Å². The third-order valence-corrected chi connectivity index (χ3v) is 1.73. The second kappa shape index (κ2) is 5.07. The molecule has 0 unspecified atom stereocenters. The van der Waals surface area contributed by atoms with E-state index in [-0.39, 0.29) is 5.91 Å². The van der Waals surface area contributed by atoms with E-state index in [4.69, 9.17) is 0 Å². The Balaban J connectivity index is 0.000000213. The van der Waals surface area contributed by atoms with Crippen molar-refractivity contribution in [1.82, 2.24) is 5.32 Å². The summed E-state index contributed by atoms with van der Waals surface area (Å²) in [5.41, 5.74) is 7.19. The van der Waals surface area contributed by atoms with Gasteiger partial charge in [-0.15, -0.1) is 0 Å². The molecule has 0 atom stereocenters. The van der Waals surface area contributed by atoms with Crippen LogP contribution in [0.1, 0.15) is 18.1 Å². The number of carbonyl (C=O) groups excluding carboxylic acids is 1. The summed E-state index contributed by atoms with van der Waals surface area (Å²) in [6, 6.07) is 8.41. The topological polar surface area (TPSA) is 55.1 Å². The second-order valence-electron chi connectivity index (χ2n) is 3.02. The first kappa shape index (κ1) is 10.3. The van der Waals surface area contributed by atoms with Crippen LogP contribution in [0.2, 0.25) is 0 Å². The number of nitrogens with one attached hydrogen (secondary N) is 1. The molecule has 3 heteroatoms. The Bertz CT molecular complexity index is 341. The summed E-state index contributed by atoms with van der Waals surface area (Å²) in [6.45, 7) is 2.27. The Hall–Kier alpha value is -1.77. The zero-order chi connectivity index (χ0) is 10.4. The van der Waals surface area contributed by atoms with Gasteiger partial charge in [0.2, 0.25) is 5.91 Å². The molecule has 1 aliphatic rings. The molecule has 14 heavy (non-hydrogen) atoms. The number of hydrogen-bond acceptors (Lipinski definition) is 2.